The van der Waals surface area contributed by atoms with Crippen molar-refractivity contribution in [1.82, 2.24) is 0 Å². The molecule has 5 nitrogen and oxygen atoms in total. The number of rotatable bonds is 4. The van der Waals surface area contributed by atoms with Crippen LogP contribution in [0.1, 0.15) is 25.8 Å². The Hall–Kier alpha value is -2.47. The second-order valence-corrected chi connectivity index (χ2v) is 6.06. The molecular formula is C18H18O5S. The molecule has 2 rings (SSSR count). The summed E-state index contributed by atoms with van der Waals surface area (Å²) in [4.78, 5) is 44.5. The summed E-state index contributed by atoms with van der Waals surface area (Å²) in [5.74, 6) is -1.22. The highest BCUT2D eigenvalue weighted by Crippen LogP contribution is 2.28. The SMILES string of the molecule is CC(=O)SC1=C(Cc2ccccc2)C(=O)C=CC1=O.CCC(=O)O. The second-order valence-electron chi connectivity index (χ2n) is 4.87. The van der Waals surface area contributed by atoms with Crippen molar-refractivity contribution in [3.8, 4) is 0 Å². The molecule has 1 N–H and O–H groups in total. The van der Waals surface area contributed by atoms with Gasteiger partial charge in [0, 0.05) is 25.3 Å². The molecular weight excluding hydrogens is 328 g/mol. The maximum atomic E-state index is 11.9. The zero-order valence-corrected chi connectivity index (χ0v) is 14.3. The van der Waals surface area contributed by atoms with E-state index in [0.29, 0.717) is 12.0 Å². The van der Waals surface area contributed by atoms with Gasteiger partial charge in [0.05, 0.1) is 4.91 Å². The van der Waals surface area contributed by atoms with E-state index in [1.165, 1.54) is 19.1 Å². The molecule has 0 heterocycles. The molecule has 0 atom stereocenters. The summed E-state index contributed by atoms with van der Waals surface area (Å²) in [6, 6.07) is 9.41. The first kappa shape index (κ1) is 19.6. The lowest BCUT2D eigenvalue weighted by Crippen LogP contribution is -2.15. The van der Waals surface area contributed by atoms with Crippen LogP contribution >= 0.6 is 11.8 Å². The van der Waals surface area contributed by atoms with Crippen LogP contribution in [0.5, 0.6) is 0 Å². The van der Waals surface area contributed by atoms with Crippen molar-refractivity contribution in [3.63, 3.8) is 0 Å². The molecule has 0 radical (unpaired) electrons. The van der Waals surface area contributed by atoms with Gasteiger partial charge in [-0.2, -0.15) is 0 Å². The minimum absolute atomic E-state index is 0.197. The third-order valence-electron chi connectivity index (χ3n) is 2.95. The third kappa shape index (κ3) is 6.34. The summed E-state index contributed by atoms with van der Waals surface area (Å²) >= 11 is 0.834. The van der Waals surface area contributed by atoms with Crippen LogP contribution in [0.4, 0.5) is 0 Å². The van der Waals surface area contributed by atoms with Crippen LogP contribution in [0.3, 0.4) is 0 Å². The van der Waals surface area contributed by atoms with Gasteiger partial charge in [-0.05, 0) is 29.5 Å². The molecule has 24 heavy (non-hydrogen) atoms. The standard InChI is InChI=1S/C15H12O3S.C3H6O2/c1-10(16)19-15-12(13(17)7-8-14(15)18)9-11-5-3-2-4-6-11;1-2-3(4)5/h2-8H,9H2,1H3;2H2,1H3,(H,4,5). The molecule has 0 aliphatic heterocycles. The average Bonchev–Trinajstić information content (AvgIpc) is 2.55. The Labute approximate surface area is 144 Å². The first-order chi connectivity index (χ1) is 11.3. The van der Waals surface area contributed by atoms with Gasteiger partial charge in [0.25, 0.3) is 0 Å². The highest BCUT2D eigenvalue weighted by molar-refractivity contribution is 8.17. The van der Waals surface area contributed by atoms with Crippen LogP contribution in [-0.4, -0.2) is 27.8 Å². The Balaban J connectivity index is 0.000000505. The van der Waals surface area contributed by atoms with E-state index >= 15 is 0 Å². The van der Waals surface area contributed by atoms with Gasteiger partial charge in [0.15, 0.2) is 16.7 Å². The minimum Gasteiger partial charge on any atom is -0.481 e. The fourth-order valence-electron chi connectivity index (χ4n) is 1.81. The topological polar surface area (TPSA) is 88.5 Å². The molecule has 6 heteroatoms. The first-order valence-electron chi connectivity index (χ1n) is 7.29. The number of thioether (sulfide) groups is 1. The van der Waals surface area contributed by atoms with Gasteiger partial charge in [0.1, 0.15) is 0 Å². The Bertz CT molecular complexity index is 701. The number of carboxylic acid groups (broad SMARTS) is 1. The molecule has 0 bridgehead atoms. The average molecular weight is 346 g/mol. The van der Waals surface area contributed by atoms with E-state index in [-0.39, 0.29) is 28.0 Å². The molecule has 1 aliphatic rings. The minimum atomic E-state index is -0.745. The van der Waals surface area contributed by atoms with Crippen LogP contribution in [-0.2, 0) is 25.6 Å². The summed E-state index contributed by atoms with van der Waals surface area (Å²) in [5, 5.41) is 7.53. The Morgan fingerprint density at radius 3 is 2.08 bits per heavy atom. The largest absolute Gasteiger partial charge is 0.481 e. The first-order valence-corrected chi connectivity index (χ1v) is 8.10. The van der Waals surface area contributed by atoms with Gasteiger partial charge in [-0.3, -0.25) is 19.2 Å². The van der Waals surface area contributed by atoms with E-state index in [1.807, 2.05) is 30.3 Å². The zero-order valence-electron chi connectivity index (χ0n) is 13.4. The Morgan fingerprint density at radius 2 is 1.58 bits per heavy atom. The van der Waals surface area contributed by atoms with Gasteiger partial charge in [0.2, 0.25) is 0 Å². The summed E-state index contributed by atoms with van der Waals surface area (Å²) in [6.07, 6.45) is 3.08. The number of benzene rings is 1. The van der Waals surface area contributed by atoms with Crippen molar-refractivity contribution in [1.29, 1.82) is 0 Å². The maximum Gasteiger partial charge on any atom is 0.303 e. The quantitative estimate of drug-likeness (QED) is 0.843. The number of carbonyl (C=O) groups excluding carboxylic acids is 3. The normalized spacial score (nSPS) is 13.4. The highest BCUT2D eigenvalue weighted by Gasteiger charge is 2.24. The molecule has 126 valence electrons. The molecule has 0 spiro atoms. The molecule has 1 aromatic rings. The number of carboxylic acids is 1. The van der Waals surface area contributed by atoms with Crippen LogP contribution in [0.2, 0.25) is 0 Å². The lowest BCUT2D eigenvalue weighted by atomic mass is 9.96. The van der Waals surface area contributed by atoms with E-state index in [9.17, 15) is 19.2 Å². The molecule has 0 fully saturated rings. The molecule has 1 aliphatic carbocycles. The van der Waals surface area contributed by atoms with Gasteiger partial charge in [-0.15, -0.1) is 0 Å². The summed E-state index contributed by atoms with van der Waals surface area (Å²) in [7, 11) is 0. The third-order valence-corrected chi connectivity index (χ3v) is 3.89. The predicted molar refractivity (Wildman–Crippen MR) is 92.5 cm³/mol. The van der Waals surface area contributed by atoms with E-state index in [4.69, 9.17) is 5.11 Å². The summed E-state index contributed by atoms with van der Waals surface area (Å²) in [6.45, 7) is 2.98. The molecule has 1 aromatic carbocycles. The van der Waals surface area contributed by atoms with E-state index in [1.54, 1.807) is 6.92 Å². The maximum absolute atomic E-state index is 11.9. The molecule has 0 saturated carbocycles. The van der Waals surface area contributed by atoms with Crippen molar-refractivity contribution in [3.05, 3.63) is 58.5 Å². The van der Waals surface area contributed by atoms with Crippen molar-refractivity contribution >= 4 is 34.4 Å². The number of hydrogen-bond donors (Lipinski definition) is 1. The van der Waals surface area contributed by atoms with Crippen LogP contribution in [0.15, 0.2) is 53.0 Å². The number of ketones is 2. The lowest BCUT2D eigenvalue weighted by Gasteiger charge is -2.13. The fraction of sp³-hybridized carbons (Fsp3) is 0.222. The van der Waals surface area contributed by atoms with Crippen LogP contribution in [0.25, 0.3) is 0 Å². The number of aliphatic carboxylic acids is 1. The Morgan fingerprint density at radius 1 is 1.04 bits per heavy atom. The molecule has 0 unspecified atom stereocenters. The van der Waals surface area contributed by atoms with Gasteiger partial charge in [-0.1, -0.05) is 37.3 Å². The molecule has 0 amide bonds. The van der Waals surface area contributed by atoms with Crippen LogP contribution in [0, 0.1) is 0 Å². The van der Waals surface area contributed by atoms with Gasteiger partial charge < -0.3 is 5.11 Å². The highest BCUT2D eigenvalue weighted by atomic mass is 32.2. The number of carbonyl (C=O) groups is 4. The van der Waals surface area contributed by atoms with Crippen molar-refractivity contribution in [2.24, 2.45) is 0 Å². The van der Waals surface area contributed by atoms with Gasteiger partial charge in [-0.25, -0.2) is 0 Å². The van der Waals surface area contributed by atoms with Crippen molar-refractivity contribution in [2.45, 2.75) is 26.7 Å². The summed E-state index contributed by atoms with van der Waals surface area (Å²) in [5.41, 5.74) is 1.34. The van der Waals surface area contributed by atoms with Gasteiger partial charge >= 0.3 is 5.97 Å². The fourth-order valence-corrected chi connectivity index (χ4v) is 2.56. The van der Waals surface area contributed by atoms with E-state index in [0.717, 1.165) is 17.3 Å². The van der Waals surface area contributed by atoms with Crippen molar-refractivity contribution in [2.75, 3.05) is 0 Å². The van der Waals surface area contributed by atoms with Crippen molar-refractivity contribution < 1.29 is 24.3 Å². The Kier molecular flexibility index (Phi) is 7.85. The second kappa shape index (κ2) is 9.62. The molecule has 0 saturated heterocycles. The molecule has 0 aromatic heterocycles. The number of hydrogen-bond acceptors (Lipinski definition) is 5. The summed E-state index contributed by atoms with van der Waals surface area (Å²) < 4.78 is 0. The monoisotopic (exact) mass is 346 g/mol. The smallest absolute Gasteiger partial charge is 0.303 e. The zero-order chi connectivity index (χ0) is 18.1. The van der Waals surface area contributed by atoms with E-state index < -0.39 is 5.97 Å². The lowest BCUT2D eigenvalue weighted by molar-refractivity contribution is -0.136. The predicted octanol–water partition coefficient (Wildman–Crippen LogP) is 2.95. The number of allylic oxidation sites excluding steroid dienone is 4. The van der Waals surface area contributed by atoms with E-state index in [2.05, 4.69) is 0 Å². The van der Waals surface area contributed by atoms with Crippen LogP contribution < -0.4 is 0 Å².